The Morgan fingerprint density at radius 1 is 0.833 bits per heavy atom. The van der Waals surface area contributed by atoms with E-state index in [0.717, 1.165) is 22.9 Å². The average molecular weight is 326 g/mol. The van der Waals surface area contributed by atoms with E-state index in [2.05, 4.69) is 68.4 Å². The highest BCUT2D eigenvalue weighted by molar-refractivity contribution is 6.05. The van der Waals surface area contributed by atoms with Crippen LogP contribution in [0.5, 0.6) is 5.75 Å². The molecule has 0 aliphatic heterocycles. The van der Waals surface area contributed by atoms with Crippen molar-refractivity contribution in [2.24, 2.45) is 0 Å². The summed E-state index contributed by atoms with van der Waals surface area (Å²) >= 11 is 0. The van der Waals surface area contributed by atoms with Gasteiger partial charge in [-0.1, -0.05) is 70.3 Å². The minimum absolute atomic E-state index is 0. The average Bonchev–Trinajstić information content (AvgIpc) is 2.57. The largest absolute Gasteiger partial charge is 0.490 e. The van der Waals surface area contributed by atoms with Gasteiger partial charge in [0.1, 0.15) is 12.4 Å². The van der Waals surface area contributed by atoms with Crippen molar-refractivity contribution in [3.63, 3.8) is 0 Å². The van der Waals surface area contributed by atoms with Gasteiger partial charge >= 0.3 is 0 Å². The number of benzene rings is 3. The first kappa shape index (κ1) is 20.0. The molecule has 1 atom stereocenters. The summed E-state index contributed by atoms with van der Waals surface area (Å²) in [6.45, 7) is 5.41. The Labute approximate surface area is 146 Å². The van der Waals surface area contributed by atoms with E-state index in [1.807, 2.05) is 0 Å². The van der Waals surface area contributed by atoms with Crippen LogP contribution in [0.25, 0.3) is 21.5 Å². The van der Waals surface area contributed by atoms with Crippen molar-refractivity contribution in [1.29, 1.82) is 0 Å². The lowest BCUT2D eigenvalue weighted by atomic mass is 10.0. The van der Waals surface area contributed by atoms with Crippen molar-refractivity contribution >= 4 is 21.5 Å². The molecule has 3 rings (SSSR count). The lowest BCUT2D eigenvalue weighted by molar-refractivity contribution is 0.0432. The molecule has 2 nitrogen and oxygen atoms in total. The highest BCUT2D eigenvalue weighted by atomic mass is 16.5. The first-order chi connectivity index (χ1) is 10.8. The third kappa shape index (κ3) is 4.27. The van der Waals surface area contributed by atoms with Crippen molar-refractivity contribution in [3.8, 4) is 5.75 Å². The molecule has 0 N–H and O–H groups in total. The van der Waals surface area contributed by atoms with Gasteiger partial charge in [0.2, 0.25) is 0 Å². The zero-order valence-electron chi connectivity index (χ0n) is 13.2. The molecule has 0 spiro atoms. The number of rotatable bonds is 6. The van der Waals surface area contributed by atoms with Crippen molar-refractivity contribution in [2.75, 3.05) is 13.2 Å². The summed E-state index contributed by atoms with van der Waals surface area (Å²) in [7, 11) is 0. The minimum atomic E-state index is 0. The van der Waals surface area contributed by atoms with E-state index in [1.54, 1.807) is 0 Å². The second-order valence-electron chi connectivity index (χ2n) is 5.59. The van der Waals surface area contributed by atoms with E-state index in [0.29, 0.717) is 13.2 Å². The second-order valence-corrected chi connectivity index (χ2v) is 5.59. The fourth-order valence-corrected chi connectivity index (χ4v) is 2.64. The van der Waals surface area contributed by atoms with Gasteiger partial charge in [-0.3, -0.25) is 0 Å². The van der Waals surface area contributed by atoms with Crippen LogP contribution in [-0.2, 0) is 4.74 Å². The third-order valence-electron chi connectivity index (χ3n) is 4.03. The Kier molecular flexibility index (Phi) is 7.73. The van der Waals surface area contributed by atoms with Crippen LogP contribution < -0.4 is 4.74 Å². The van der Waals surface area contributed by atoms with Crippen LogP contribution in [0.1, 0.15) is 35.1 Å². The molecule has 0 saturated heterocycles. The predicted molar refractivity (Wildman–Crippen MR) is 106 cm³/mol. The highest BCUT2D eigenvalue weighted by Crippen LogP contribution is 2.34. The van der Waals surface area contributed by atoms with Crippen molar-refractivity contribution < 1.29 is 9.47 Å². The van der Waals surface area contributed by atoms with Crippen LogP contribution in [0, 0.1) is 0 Å². The first-order valence-corrected chi connectivity index (χ1v) is 7.94. The molecule has 0 radical (unpaired) electrons. The molecule has 0 bridgehead atoms. The van der Waals surface area contributed by atoms with Crippen molar-refractivity contribution in [1.82, 2.24) is 0 Å². The quantitative estimate of drug-likeness (QED) is 0.382. The van der Waals surface area contributed by atoms with E-state index >= 15 is 0 Å². The fraction of sp³-hybridized carbons (Fsp3) is 0.364. The molecule has 0 saturated carbocycles. The summed E-state index contributed by atoms with van der Waals surface area (Å²) in [5, 5.41) is 4.73. The summed E-state index contributed by atoms with van der Waals surface area (Å²) in [5.74, 6) is 0.960. The summed E-state index contributed by atoms with van der Waals surface area (Å²) in [4.78, 5) is 0. The summed E-state index contributed by atoms with van der Waals surface area (Å²) in [6.07, 6.45) is 1.31. The zero-order chi connectivity index (χ0) is 15.4. The van der Waals surface area contributed by atoms with E-state index in [-0.39, 0.29) is 21.0 Å². The van der Waals surface area contributed by atoms with Gasteiger partial charge in [0.15, 0.2) is 0 Å². The highest BCUT2D eigenvalue weighted by Gasteiger charge is 2.08. The van der Waals surface area contributed by atoms with Gasteiger partial charge in [-0.25, -0.2) is 0 Å². The smallest absolute Gasteiger partial charge is 0.135 e. The Morgan fingerprint density at radius 2 is 1.38 bits per heavy atom. The topological polar surface area (TPSA) is 18.5 Å². The molecule has 0 aliphatic carbocycles. The van der Waals surface area contributed by atoms with E-state index in [1.165, 1.54) is 10.8 Å². The molecule has 24 heavy (non-hydrogen) atoms. The molecule has 0 heterocycles. The van der Waals surface area contributed by atoms with Crippen LogP contribution in [0.2, 0.25) is 0 Å². The van der Waals surface area contributed by atoms with Crippen LogP contribution in [-0.4, -0.2) is 19.3 Å². The fourth-order valence-electron chi connectivity index (χ4n) is 2.64. The van der Waals surface area contributed by atoms with Crippen LogP contribution in [0.4, 0.5) is 0 Å². The summed E-state index contributed by atoms with van der Waals surface area (Å²) in [6, 6.07) is 18.9. The Bertz CT molecular complexity index is 710. The Balaban J connectivity index is 0.00000144. The van der Waals surface area contributed by atoms with Gasteiger partial charge in [0.25, 0.3) is 0 Å². The standard InChI is InChI=1S/C20H22O2.2CH4/c1-3-15(2)21-12-13-22-20-18-10-6-4-8-16(18)14-17-9-5-7-11-19(17)20;;/h4-11,14-15H,3,12-13H2,1-2H3;2*1H4. The van der Waals surface area contributed by atoms with Gasteiger partial charge < -0.3 is 9.47 Å². The molecule has 3 aromatic rings. The summed E-state index contributed by atoms with van der Waals surface area (Å²) < 4.78 is 11.8. The second kappa shape index (κ2) is 9.29. The van der Waals surface area contributed by atoms with Crippen LogP contribution >= 0.6 is 0 Å². The van der Waals surface area contributed by atoms with Crippen LogP contribution in [0.3, 0.4) is 0 Å². The SMILES string of the molecule is C.C.CCC(C)OCCOc1c2ccccc2cc2ccccc12. The molecule has 0 fully saturated rings. The maximum Gasteiger partial charge on any atom is 0.135 e. The van der Waals surface area contributed by atoms with Gasteiger partial charge in [0, 0.05) is 10.8 Å². The minimum Gasteiger partial charge on any atom is -0.490 e. The zero-order valence-corrected chi connectivity index (χ0v) is 13.2. The molecule has 130 valence electrons. The molecular weight excluding hydrogens is 296 g/mol. The Morgan fingerprint density at radius 3 is 1.92 bits per heavy atom. The molecule has 0 amide bonds. The van der Waals surface area contributed by atoms with E-state index in [4.69, 9.17) is 9.47 Å². The monoisotopic (exact) mass is 326 g/mol. The lowest BCUT2D eigenvalue weighted by Gasteiger charge is -2.15. The number of ether oxygens (including phenoxy) is 2. The normalized spacial score (nSPS) is 11.6. The number of hydrogen-bond acceptors (Lipinski definition) is 2. The molecular formula is C22H30O2. The summed E-state index contributed by atoms with van der Waals surface area (Å²) in [5.41, 5.74) is 0. The van der Waals surface area contributed by atoms with Crippen molar-refractivity contribution in [3.05, 3.63) is 54.6 Å². The molecule has 1 unspecified atom stereocenters. The molecule has 3 aromatic carbocycles. The maximum atomic E-state index is 6.10. The lowest BCUT2D eigenvalue weighted by Crippen LogP contribution is -2.13. The van der Waals surface area contributed by atoms with Gasteiger partial charge in [-0.15, -0.1) is 0 Å². The Hall–Kier alpha value is -2.06. The molecule has 0 aromatic heterocycles. The third-order valence-corrected chi connectivity index (χ3v) is 4.03. The van der Waals surface area contributed by atoms with Crippen molar-refractivity contribution in [2.45, 2.75) is 41.2 Å². The number of fused-ring (bicyclic) bond motifs is 2. The van der Waals surface area contributed by atoms with Gasteiger partial charge in [-0.05, 0) is 30.2 Å². The van der Waals surface area contributed by atoms with E-state index in [9.17, 15) is 0 Å². The maximum absolute atomic E-state index is 6.10. The van der Waals surface area contributed by atoms with Gasteiger partial charge in [-0.2, -0.15) is 0 Å². The molecule has 2 heteroatoms. The molecule has 0 aliphatic rings. The van der Waals surface area contributed by atoms with Crippen LogP contribution in [0.15, 0.2) is 54.6 Å². The first-order valence-electron chi connectivity index (χ1n) is 7.94. The van der Waals surface area contributed by atoms with E-state index < -0.39 is 0 Å². The van der Waals surface area contributed by atoms with Gasteiger partial charge in [0.05, 0.1) is 12.7 Å². The number of hydrogen-bond donors (Lipinski definition) is 0. The predicted octanol–water partition coefficient (Wildman–Crippen LogP) is 6.46.